The second-order valence-electron chi connectivity index (χ2n) is 5.27. The topological polar surface area (TPSA) is 72.7 Å². The van der Waals surface area contributed by atoms with Crippen LogP contribution in [0.3, 0.4) is 0 Å². The highest BCUT2D eigenvalue weighted by Crippen LogP contribution is 2.26. The second kappa shape index (κ2) is 7.15. The summed E-state index contributed by atoms with van der Waals surface area (Å²) in [6.07, 6.45) is 1.57. The number of carboxylic acids is 1. The van der Waals surface area contributed by atoms with Crippen LogP contribution in [0.2, 0.25) is 0 Å². The monoisotopic (exact) mass is 313 g/mol. The predicted octanol–water partition coefficient (Wildman–Crippen LogP) is 3.05. The average Bonchev–Trinajstić information content (AvgIpc) is 2.33. The third kappa shape index (κ3) is 5.19. The molecule has 0 aromatic heterocycles. The van der Waals surface area contributed by atoms with Gasteiger partial charge in [0, 0.05) is 10.5 Å². The van der Waals surface area contributed by atoms with E-state index in [9.17, 15) is 9.35 Å². The van der Waals surface area contributed by atoms with Crippen LogP contribution in [-0.2, 0) is 16.2 Å². The smallest absolute Gasteiger partial charge is 0.313 e. The number of aliphatic carboxylic acids is 1. The Morgan fingerprint density at radius 3 is 2.70 bits per heavy atom. The molecule has 0 saturated heterocycles. The summed E-state index contributed by atoms with van der Waals surface area (Å²) in [5.74, 6) is -0.868. The molecule has 0 heterocycles. The number of hydrogen-bond acceptors (Lipinski definition) is 4. The molecule has 0 spiro atoms. The van der Waals surface area contributed by atoms with Crippen LogP contribution in [0.1, 0.15) is 31.9 Å². The van der Waals surface area contributed by atoms with E-state index < -0.39 is 22.1 Å². The number of nitrogens with zero attached hydrogens (tertiary/aromatic N) is 1. The van der Waals surface area contributed by atoms with Gasteiger partial charge in [0.2, 0.25) is 0 Å². The SMILES string of the molecule is Cc1cccc(C=N[S+]([O-])C(C)(C)C)c1SCC(=O)O. The molecule has 0 aliphatic heterocycles. The zero-order chi connectivity index (χ0) is 15.3. The van der Waals surface area contributed by atoms with Crippen LogP contribution in [0.5, 0.6) is 0 Å². The van der Waals surface area contributed by atoms with Gasteiger partial charge in [-0.3, -0.25) is 4.79 Å². The van der Waals surface area contributed by atoms with E-state index in [1.165, 1.54) is 11.8 Å². The zero-order valence-electron chi connectivity index (χ0n) is 12.0. The quantitative estimate of drug-likeness (QED) is 0.515. The largest absolute Gasteiger partial charge is 0.591 e. The lowest BCUT2D eigenvalue weighted by Gasteiger charge is -2.18. The molecule has 0 radical (unpaired) electrons. The van der Waals surface area contributed by atoms with Crippen molar-refractivity contribution in [1.29, 1.82) is 0 Å². The van der Waals surface area contributed by atoms with Crippen molar-refractivity contribution in [2.24, 2.45) is 4.40 Å². The molecule has 0 aliphatic rings. The Morgan fingerprint density at radius 2 is 2.15 bits per heavy atom. The minimum absolute atomic E-state index is 0.00590. The van der Waals surface area contributed by atoms with Gasteiger partial charge in [-0.15, -0.1) is 11.8 Å². The Labute approximate surface area is 127 Å². The van der Waals surface area contributed by atoms with Gasteiger partial charge < -0.3 is 9.66 Å². The molecule has 6 heteroatoms. The number of carboxylic acid groups (broad SMARTS) is 1. The summed E-state index contributed by atoms with van der Waals surface area (Å²) >= 11 is -0.0704. The normalized spacial score (nSPS) is 13.7. The van der Waals surface area contributed by atoms with Crippen LogP contribution in [0.25, 0.3) is 0 Å². The molecule has 1 aromatic rings. The molecule has 20 heavy (non-hydrogen) atoms. The molecule has 0 aliphatic carbocycles. The first-order valence-electron chi connectivity index (χ1n) is 6.12. The van der Waals surface area contributed by atoms with Crippen molar-refractivity contribution in [2.75, 3.05) is 5.75 Å². The minimum atomic E-state index is -1.32. The Morgan fingerprint density at radius 1 is 1.50 bits per heavy atom. The van der Waals surface area contributed by atoms with E-state index in [0.29, 0.717) is 0 Å². The second-order valence-corrected chi connectivity index (χ2v) is 8.19. The Bertz CT molecular complexity index is 510. The fourth-order valence-electron chi connectivity index (χ4n) is 1.37. The van der Waals surface area contributed by atoms with E-state index in [0.717, 1.165) is 16.0 Å². The van der Waals surface area contributed by atoms with E-state index in [4.69, 9.17) is 5.11 Å². The molecule has 4 nitrogen and oxygen atoms in total. The Kier molecular flexibility index (Phi) is 6.10. The van der Waals surface area contributed by atoms with E-state index in [1.54, 1.807) is 6.21 Å². The molecular formula is C14H19NO3S2. The third-order valence-electron chi connectivity index (χ3n) is 2.39. The van der Waals surface area contributed by atoms with Crippen LogP contribution >= 0.6 is 11.8 Å². The molecule has 1 unspecified atom stereocenters. The first-order chi connectivity index (χ1) is 9.21. The lowest BCUT2D eigenvalue weighted by Crippen LogP contribution is -2.25. The predicted molar refractivity (Wildman–Crippen MR) is 85.0 cm³/mol. The van der Waals surface area contributed by atoms with Crippen LogP contribution in [-0.4, -0.2) is 32.3 Å². The summed E-state index contributed by atoms with van der Waals surface area (Å²) in [4.78, 5) is 11.6. The van der Waals surface area contributed by atoms with Gasteiger partial charge in [-0.1, -0.05) is 22.6 Å². The van der Waals surface area contributed by atoms with Crippen molar-refractivity contribution in [3.05, 3.63) is 29.3 Å². The van der Waals surface area contributed by atoms with Crippen molar-refractivity contribution in [3.63, 3.8) is 0 Å². The van der Waals surface area contributed by atoms with Gasteiger partial charge in [0.25, 0.3) is 0 Å². The molecule has 0 saturated carbocycles. The lowest BCUT2D eigenvalue weighted by molar-refractivity contribution is -0.133. The van der Waals surface area contributed by atoms with Gasteiger partial charge in [-0.25, -0.2) is 0 Å². The van der Waals surface area contributed by atoms with Gasteiger partial charge in [-0.05, 0) is 33.3 Å². The fraction of sp³-hybridized carbons (Fsp3) is 0.429. The Hall–Kier alpha value is -0.980. The highest BCUT2D eigenvalue weighted by molar-refractivity contribution is 8.00. The molecular weight excluding hydrogens is 294 g/mol. The zero-order valence-corrected chi connectivity index (χ0v) is 13.7. The summed E-state index contributed by atoms with van der Waals surface area (Å²) in [6.45, 7) is 7.49. The first kappa shape index (κ1) is 17.1. The maximum atomic E-state index is 11.9. The summed E-state index contributed by atoms with van der Waals surface area (Å²) in [7, 11) is 0. The maximum absolute atomic E-state index is 11.9. The molecule has 1 aromatic carbocycles. The van der Waals surface area contributed by atoms with Crippen molar-refractivity contribution in [2.45, 2.75) is 37.3 Å². The first-order valence-corrected chi connectivity index (χ1v) is 8.21. The summed E-state index contributed by atoms with van der Waals surface area (Å²) < 4.78 is 15.6. The van der Waals surface area contributed by atoms with Gasteiger partial charge in [0.1, 0.15) is 16.1 Å². The highest BCUT2D eigenvalue weighted by atomic mass is 32.2. The van der Waals surface area contributed by atoms with E-state index in [2.05, 4.69) is 4.40 Å². The number of rotatable bonds is 5. The summed E-state index contributed by atoms with van der Waals surface area (Å²) in [5.41, 5.74) is 1.79. The molecule has 0 amide bonds. The van der Waals surface area contributed by atoms with Crippen molar-refractivity contribution in [3.8, 4) is 0 Å². The lowest BCUT2D eigenvalue weighted by atomic mass is 10.1. The van der Waals surface area contributed by atoms with Crippen LogP contribution < -0.4 is 0 Å². The van der Waals surface area contributed by atoms with Crippen LogP contribution in [0.15, 0.2) is 27.5 Å². The maximum Gasteiger partial charge on any atom is 0.313 e. The van der Waals surface area contributed by atoms with Crippen LogP contribution in [0.4, 0.5) is 0 Å². The van der Waals surface area contributed by atoms with Gasteiger partial charge in [0.05, 0.1) is 12.0 Å². The average molecular weight is 313 g/mol. The molecule has 0 fully saturated rings. The summed E-state index contributed by atoms with van der Waals surface area (Å²) in [5, 5.41) is 8.78. The number of carbonyl (C=O) groups is 1. The van der Waals surface area contributed by atoms with Gasteiger partial charge in [-0.2, -0.15) is 0 Å². The number of aryl methyl sites for hydroxylation is 1. The summed E-state index contributed by atoms with van der Waals surface area (Å²) in [6, 6.07) is 5.64. The van der Waals surface area contributed by atoms with Crippen molar-refractivity contribution < 1.29 is 14.5 Å². The molecule has 110 valence electrons. The number of thioether (sulfide) groups is 1. The highest BCUT2D eigenvalue weighted by Gasteiger charge is 2.25. The fourth-order valence-corrected chi connectivity index (χ4v) is 2.75. The van der Waals surface area contributed by atoms with E-state index >= 15 is 0 Å². The van der Waals surface area contributed by atoms with E-state index in [1.807, 2.05) is 45.9 Å². The Balaban J connectivity index is 2.97. The minimum Gasteiger partial charge on any atom is -0.591 e. The van der Waals surface area contributed by atoms with Crippen molar-refractivity contribution >= 4 is 35.3 Å². The molecule has 1 atom stereocenters. The standard InChI is InChI=1S/C14H19NO3S2/c1-10-6-5-7-11(13(10)19-9-12(16)17)8-15-20(18)14(2,3)4/h5-8H,9H2,1-4H3,(H,16,17). The van der Waals surface area contributed by atoms with Gasteiger partial charge in [0.15, 0.2) is 0 Å². The van der Waals surface area contributed by atoms with Gasteiger partial charge >= 0.3 is 5.97 Å². The number of benzene rings is 1. The molecule has 1 N–H and O–H groups in total. The number of hydrogen-bond donors (Lipinski definition) is 1. The van der Waals surface area contributed by atoms with Crippen molar-refractivity contribution in [1.82, 2.24) is 0 Å². The van der Waals surface area contributed by atoms with Crippen LogP contribution in [0, 0.1) is 6.92 Å². The molecule has 1 rings (SSSR count). The van der Waals surface area contributed by atoms with E-state index in [-0.39, 0.29) is 5.75 Å². The molecule has 0 bridgehead atoms. The third-order valence-corrected chi connectivity index (χ3v) is 4.98.